The van der Waals surface area contributed by atoms with Crippen LogP contribution in [0.2, 0.25) is 0 Å². The maximum Gasteiger partial charge on any atom is 0.352 e. The molecular weight excluding hydrogens is 256 g/mol. The summed E-state index contributed by atoms with van der Waals surface area (Å²) in [7, 11) is -3.70. The summed E-state index contributed by atoms with van der Waals surface area (Å²) in [5.41, 5.74) is 0.625. The van der Waals surface area contributed by atoms with Gasteiger partial charge in [0, 0.05) is 19.3 Å². The monoisotopic (exact) mass is 272 g/mol. The second-order valence-corrected chi connectivity index (χ2v) is 5.70. The summed E-state index contributed by atoms with van der Waals surface area (Å²) in [6.07, 6.45) is 1.31. The van der Waals surface area contributed by atoms with Crippen molar-refractivity contribution in [2.75, 3.05) is 6.54 Å². The van der Waals surface area contributed by atoms with E-state index in [-0.39, 0.29) is 17.1 Å². The van der Waals surface area contributed by atoms with Crippen molar-refractivity contribution in [1.29, 1.82) is 0 Å². The Hall–Kier alpha value is -1.60. The number of sulfonamides is 1. The number of aryl methyl sites for hydroxylation is 1. The zero-order valence-corrected chi connectivity index (χ0v) is 11.1. The number of carboxylic acids is 1. The van der Waals surface area contributed by atoms with Crippen molar-refractivity contribution in [3.63, 3.8) is 0 Å². The van der Waals surface area contributed by atoms with Crippen molar-refractivity contribution in [2.45, 2.75) is 25.3 Å². The summed E-state index contributed by atoms with van der Waals surface area (Å²) in [5, 5.41) is 8.94. The van der Waals surface area contributed by atoms with E-state index in [9.17, 15) is 13.2 Å². The van der Waals surface area contributed by atoms with E-state index in [1.807, 2.05) is 0 Å². The van der Waals surface area contributed by atoms with Crippen LogP contribution in [0.3, 0.4) is 0 Å². The van der Waals surface area contributed by atoms with Gasteiger partial charge >= 0.3 is 5.97 Å². The van der Waals surface area contributed by atoms with E-state index in [0.717, 1.165) is 6.07 Å². The summed E-state index contributed by atoms with van der Waals surface area (Å²) in [4.78, 5) is 10.9. The Morgan fingerprint density at radius 2 is 2.17 bits per heavy atom. The molecule has 7 heteroatoms. The molecule has 2 N–H and O–H groups in total. The molecule has 0 fully saturated rings. The minimum Gasteiger partial charge on any atom is -0.477 e. The van der Waals surface area contributed by atoms with E-state index >= 15 is 0 Å². The number of rotatable bonds is 6. The normalized spacial score (nSPS) is 11.4. The molecule has 0 aliphatic carbocycles. The van der Waals surface area contributed by atoms with Crippen molar-refractivity contribution in [3.05, 3.63) is 30.1 Å². The Morgan fingerprint density at radius 1 is 1.56 bits per heavy atom. The van der Waals surface area contributed by atoms with Gasteiger partial charge in [-0.3, -0.25) is 0 Å². The fourth-order valence-corrected chi connectivity index (χ4v) is 2.51. The maximum absolute atomic E-state index is 11.9. The number of carboxylic acid groups (broad SMARTS) is 1. The number of aromatic nitrogens is 1. The minimum absolute atomic E-state index is 0.0480. The molecule has 0 bridgehead atoms. The van der Waals surface area contributed by atoms with Crippen molar-refractivity contribution in [2.24, 2.45) is 0 Å². The lowest BCUT2D eigenvalue weighted by Crippen LogP contribution is -2.24. The molecule has 0 unspecified atom stereocenters. The van der Waals surface area contributed by atoms with Gasteiger partial charge in [-0.15, -0.1) is 0 Å². The van der Waals surface area contributed by atoms with E-state index in [2.05, 4.69) is 11.3 Å². The lowest BCUT2D eigenvalue weighted by atomic mass is 10.4. The third kappa shape index (κ3) is 3.21. The Balaban J connectivity index is 3.10. The smallest absolute Gasteiger partial charge is 0.352 e. The number of nitrogens with one attached hydrogen (secondary N) is 1. The molecule has 0 aliphatic heterocycles. The molecular formula is C11H16N2O4S. The van der Waals surface area contributed by atoms with Crippen molar-refractivity contribution >= 4 is 16.0 Å². The highest BCUT2D eigenvalue weighted by atomic mass is 32.2. The first-order valence-electron chi connectivity index (χ1n) is 5.35. The highest BCUT2D eigenvalue weighted by molar-refractivity contribution is 7.89. The first kappa shape index (κ1) is 14.5. The molecule has 6 nitrogen and oxygen atoms in total. The highest BCUT2D eigenvalue weighted by Gasteiger charge is 2.20. The van der Waals surface area contributed by atoms with Gasteiger partial charge in [0.15, 0.2) is 0 Å². The van der Waals surface area contributed by atoms with Gasteiger partial charge in [-0.25, -0.2) is 17.9 Å². The van der Waals surface area contributed by atoms with Gasteiger partial charge < -0.3 is 9.67 Å². The second-order valence-electron chi connectivity index (χ2n) is 3.93. The average Bonchev–Trinajstić information content (AvgIpc) is 2.71. The molecule has 0 saturated carbocycles. The Kier molecular flexibility index (Phi) is 4.31. The number of carbonyl (C=O) groups is 1. The first-order chi connectivity index (χ1) is 8.27. The molecule has 18 heavy (non-hydrogen) atoms. The van der Waals surface area contributed by atoms with E-state index < -0.39 is 16.0 Å². The average molecular weight is 272 g/mol. The predicted octanol–water partition coefficient (Wildman–Crippen LogP) is 1.06. The molecule has 0 aromatic carbocycles. The number of nitrogens with zero attached hydrogens (tertiary/aromatic N) is 1. The molecule has 0 spiro atoms. The zero-order chi connectivity index (χ0) is 13.9. The second kappa shape index (κ2) is 5.36. The van der Waals surface area contributed by atoms with E-state index in [0.29, 0.717) is 12.1 Å². The van der Waals surface area contributed by atoms with Gasteiger partial charge in [0.1, 0.15) is 10.6 Å². The molecule has 0 saturated heterocycles. The van der Waals surface area contributed by atoms with Gasteiger partial charge in [-0.2, -0.15) is 0 Å². The SMILES string of the molecule is C=C(C)CNS(=O)(=O)c1cc(C(=O)O)n(CC)c1. The van der Waals surface area contributed by atoms with Crippen LogP contribution < -0.4 is 4.72 Å². The maximum atomic E-state index is 11.9. The molecule has 1 rings (SSSR count). The van der Waals surface area contributed by atoms with Gasteiger partial charge in [-0.05, 0) is 19.9 Å². The summed E-state index contributed by atoms with van der Waals surface area (Å²) in [6, 6.07) is 1.15. The van der Waals surface area contributed by atoms with Crippen LogP contribution in [-0.2, 0) is 16.6 Å². The third-order valence-corrected chi connectivity index (χ3v) is 3.67. The topological polar surface area (TPSA) is 88.4 Å². The predicted molar refractivity (Wildman–Crippen MR) is 67.1 cm³/mol. The minimum atomic E-state index is -3.70. The van der Waals surface area contributed by atoms with Crippen molar-refractivity contribution in [1.82, 2.24) is 9.29 Å². The molecule has 0 atom stereocenters. The van der Waals surface area contributed by atoms with Gasteiger partial charge in [0.25, 0.3) is 0 Å². The van der Waals surface area contributed by atoms with Gasteiger partial charge in [-0.1, -0.05) is 12.2 Å². The van der Waals surface area contributed by atoms with Gasteiger partial charge in [0.05, 0.1) is 0 Å². The largest absolute Gasteiger partial charge is 0.477 e. The van der Waals surface area contributed by atoms with E-state index in [1.54, 1.807) is 13.8 Å². The van der Waals surface area contributed by atoms with Crippen LogP contribution in [0.25, 0.3) is 0 Å². The molecule has 0 amide bonds. The van der Waals surface area contributed by atoms with Gasteiger partial charge in [0.2, 0.25) is 10.0 Å². The molecule has 1 aromatic rings. The summed E-state index contributed by atoms with van der Waals surface area (Å²) < 4.78 is 27.5. The quantitative estimate of drug-likeness (QED) is 0.758. The Morgan fingerprint density at radius 3 is 2.56 bits per heavy atom. The number of aromatic carboxylic acids is 1. The Labute approximate surface area is 106 Å². The number of hydrogen-bond donors (Lipinski definition) is 2. The summed E-state index contributed by atoms with van der Waals surface area (Å²) in [5.74, 6) is -1.15. The molecule has 0 radical (unpaired) electrons. The summed E-state index contributed by atoms with van der Waals surface area (Å²) in [6.45, 7) is 7.54. The third-order valence-electron chi connectivity index (χ3n) is 2.31. The van der Waals surface area contributed by atoms with Crippen molar-refractivity contribution < 1.29 is 18.3 Å². The van der Waals surface area contributed by atoms with Crippen LogP contribution in [0.1, 0.15) is 24.3 Å². The lowest BCUT2D eigenvalue weighted by Gasteiger charge is -2.03. The summed E-state index contributed by atoms with van der Waals surface area (Å²) >= 11 is 0. The van der Waals surface area contributed by atoms with Crippen LogP contribution >= 0.6 is 0 Å². The van der Waals surface area contributed by atoms with Crippen LogP contribution in [0, 0.1) is 0 Å². The lowest BCUT2D eigenvalue weighted by molar-refractivity contribution is 0.0685. The van der Waals surface area contributed by atoms with Crippen LogP contribution in [0.5, 0.6) is 0 Å². The first-order valence-corrected chi connectivity index (χ1v) is 6.83. The fraction of sp³-hybridized carbons (Fsp3) is 0.364. The molecule has 0 aliphatic rings. The van der Waals surface area contributed by atoms with Crippen LogP contribution in [0.4, 0.5) is 0 Å². The van der Waals surface area contributed by atoms with E-state index in [4.69, 9.17) is 5.11 Å². The van der Waals surface area contributed by atoms with Crippen LogP contribution in [-0.4, -0.2) is 30.6 Å². The van der Waals surface area contributed by atoms with E-state index in [1.165, 1.54) is 10.8 Å². The fourth-order valence-electron chi connectivity index (χ4n) is 1.37. The molecule has 100 valence electrons. The zero-order valence-electron chi connectivity index (χ0n) is 10.3. The molecule has 1 heterocycles. The Bertz CT molecular complexity index is 572. The standard InChI is InChI=1S/C11H16N2O4S/c1-4-13-7-9(5-10(13)11(14)15)18(16,17)12-6-8(2)3/h5,7,12H,2,4,6H2,1,3H3,(H,14,15). The number of hydrogen-bond acceptors (Lipinski definition) is 3. The van der Waals surface area contributed by atoms with Crippen LogP contribution in [0.15, 0.2) is 29.3 Å². The highest BCUT2D eigenvalue weighted by Crippen LogP contribution is 2.14. The van der Waals surface area contributed by atoms with Crippen molar-refractivity contribution in [3.8, 4) is 0 Å². The molecule has 1 aromatic heterocycles.